The predicted octanol–water partition coefficient (Wildman–Crippen LogP) is 2.93. The largest absolute Gasteiger partial charge is 0.381 e. The first-order valence-corrected chi connectivity index (χ1v) is 7.96. The topological polar surface area (TPSA) is 45.7 Å². The maximum atomic E-state index is 5.57. The molecule has 0 amide bonds. The Labute approximate surface area is 151 Å². The highest BCUT2D eigenvalue weighted by Crippen LogP contribution is 2.35. The van der Waals surface area contributed by atoms with E-state index >= 15 is 0 Å². The molecule has 0 radical (unpaired) electrons. The van der Waals surface area contributed by atoms with Crippen LogP contribution in [0.5, 0.6) is 0 Å². The van der Waals surface area contributed by atoms with Crippen molar-refractivity contribution < 1.29 is 4.74 Å². The molecule has 1 saturated heterocycles. The number of halogens is 1. The monoisotopic (exact) mass is 417 g/mol. The van der Waals surface area contributed by atoms with Crippen LogP contribution in [0.25, 0.3) is 0 Å². The van der Waals surface area contributed by atoms with Crippen LogP contribution in [-0.2, 0) is 10.2 Å². The van der Waals surface area contributed by atoms with Crippen LogP contribution in [0.4, 0.5) is 0 Å². The molecule has 2 rings (SSSR count). The van der Waals surface area contributed by atoms with E-state index in [4.69, 9.17) is 9.73 Å². The third kappa shape index (κ3) is 5.12. The molecule has 1 aromatic rings. The zero-order chi connectivity index (χ0) is 15.0. The van der Waals surface area contributed by atoms with Crippen LogP contribution in [0.2, 0.25) is 0 Å². The van der Waals surface area contributed by atoms with Gasteiger partial charge in [-0.05, 0) is 32.3 Å². The molecule has 0 aliphatic carbocycles. The summed E-state index contributed by atoms with van der Waals surface area (Å²) in [7, 11) is 0. The molecule has 1 aliphatic heterocycles. The van der Waals surface area contributed by atoms with Crippen molar-refractivity contribution in [3.05, 3.63) is 35.9 Å². The first-order valence-electron chi connectivity index (χ1n) is 7.96. The standard InChI is InChI=1S/C17H27N3O.HI/c1-3-18-16(19-4-2)20-14-17(10-12-21-13-11-17)15-8-6-5-7-9-15;/h5-9H,3-4,10-14H2,1-2H3,(H2,18,19,20);1H. The van der Waals surface area contributed by atoms with Crippen LogP contribution in [0.3, 0.4) is 0 Å². The van der Waals surface area contributed by atoms with E-state index in [9.17, 15) is 0 Å². The summed E-state index contributed by atoms with van der Waals surface area (Å²) in [5.74, 6) is 0.904. The van der Waals surface area contributed by atoms with Gasteiger partial charge in [0.2, 0.25) is 0 Å². The molecule has 2 N–H and O–H groups in total. The smallest absolute Gasteiger partial charge is 0.191 e. The lowest BCUT2D eigenvalue weighted by Gasteiger charge is -2.36. The Morgan fingerprint density at radius 1 is 1.09 bits per heavy atom. The van der Waals surface area contributed by atoms with Crippen molar-refractivity contribution >= 4 is 29.9 Å². The summed E-state index contributed by atoms with van der Waals surface area (Å²) in [6, 6.07) is 10.8. The van der Waals surface area contributed by atoms with E-state index in [1.165, 1.54) is 5.56 Å². The van der Waals surface area contributed by atoms with Gasteiger partial charge in [-0.1, -0.05) is 30.3 Å². The molecule has 1 aliphatic rings. The third-order valence-corrected chi connectivity index (χ3v) is 4.06. The van der Waals surface area contributed by atoms with E-state index in [1.54, 1.807) is 0 Å². The van der Waals surface area contributed by atoms with E-state index in [-0.39, 0.29) is 29.4 Å². The molecular weight excluding hydrogens is 389 g/mol. The molecule has 1 fully saturated rings. The van der Waals surface area contributed by atoms with Gasteiger partial charge >= 0.3 is 0 Å². The summed E-state index contributed by atoms with van der Waals surface area (Å²) >= 11 is 0. The Bertz CT molecular complexity index is 436. The van der Waals surface area contributed by atoms with Crippen LogP contribution in [0, 0.1) is 0 Å². The number of guanidine groups is 1. The number of benzene rings is 1. The first-order chi connectivity index (χ1) is 10.3. The summed E-state index contributed by atoms with van der Waals surface area (Å²) in [5.41, 5.74) is 1.49. The minimum absolute atomic E-state index is 0. The Morgan fingerprint density at radius 3 is 2.23 bits per heavy atom. The lowest BCUT2D eigenvalue weighted by molar-refractivity contribution is 0.0531. The van der Waals surface area contributed by atoms with Crippen LogP contribution >= 0.6 is 24.0 Å². The Morgan fingerprint density at radius 2 is 1.68 bits per heavy atom. The van der Waals surface area contributed by atoms with Crippen molar-refractivity contribution in [2.45, 2.75) is 32.1 Å². The molecule has 1 aromatic carbocycles. The average molecular weight is 417 g/mol. The number of nitrogens with one attached hydrogen (secondary N) is 2. The number of aliphatic imine (C=N–C) groups is 1. The second kappa shape index (κ2) is 10.0. The fourth-order valence-electron chi connectivity index (χ4n) is 2.83. The van der Waals surface area contributed by atoms with Gasteiger partial charge in [0.15, 0.2) is 5.96 Å². The highest BCUT2D eigenvalue weighted by atomic mass is 127. The van der Waals surface area contributed by atoms with E-state index < -0.39 is 0 Å². The molecule has 1 heterocycles. The molecule has 0 spiro atoms. The molecule has 0 bridgehead atoms. The maximum Gasteiger partial charge on any atom is 0.191 e. The third-order valence-electron chi connectivity index (χ3n) is 4.06. The zero-order valence-corrected chi connectivity index (χ0v) is 15.9. The van der Waals surface area contributed by atoms with Crippen molar-refractivity contribution in [2.75, 3.05) is 32.8 Å². The summed E-state index contributed by atoms with van der Waals surface area (Å²) in [6.45, 7) is 8.39. The van der Waals surface area contributed by atoms with Gasteiger partial charge in [-0.25, -0.2) is 0 Å². The van der Waals surface area contributed by atoms with E-state index in [2.05, 4.69) is 54.8 Å². The van der Waals surface area contributed by atoms with Crippen molar-refractivity contribution in [1.29, 1.82) is 0 Å². The molecule has 0 unspecified atom stereocenters. The van der Waals surface area contributed by atoms with E-state index in [0.717, 1.165) is 51.6 Å². The van der Waals surface area contributed by atoms with Gasteiger partial charge < -0.3 is 15.4 Å². The van der Waals surface area contributed by atoms with Gasteiger partial charge in [0.25, 0.3) is 0 Å². The molecular formula is C17H28IN3O. The second-order valence-corrected chi connectivity index (χ2v) is 5.48. The fourth-order valence-corrected chi connectivity index (χ4v) is 2.83. The highest BCUT2D eigenvalue weighted by Gasteiger charge is 2.34. The average Bonchev–Trinajstić information content (AvgIpc) is 2.55. The lowest BCUT2D eigenvalue weighted by Crippen LogP contribution is -2.41. The number of nitrogens with zero attached hydrogens (tertiary/aromatic N) is 1. The van der Waals surface area contributed by atoms with Gasteiger partial charge in [-0.2, -0.15) is 0 Å². The predicted molar refractivity (Wildman–Crippen MR) is 103 cm³/mol. The number of rotatable bonds is 5. The minimum atomic E-state index is 0. The summed E-state index contributed by atoms with van der Waals surface area (Å²) in [4.78, 5) is 4.81. The molecule has 0 atom stereocenters. The highest BCUT2D eigenvalue weighted by molar-refractivity contribution is 14.0. The van der Waals surface area contributed by atoms with Crippen LogP contribution < -0.4 is 10.6 Å². The van der Waals surface area contributed by atoms with E-state index in [1.807, 2.05) is 0 Å². The summed E-state index contributed by atoms with van der Waals surface area (Å²) in [6.07, 6.45) is 2.07. The second-order valence-electron chi connectivity index (χ2n) is 5.48. The molecule has 0 saturated carbocycles. The minimum Gasteiger partial charge on any atom is -0.381 e. The Hall–Kier alpha value is -0.820. The molecule has 22 heavy (non-hydrogen) atoms. The maximum absolute atomic E-state index is 5.57. The lowest BCUT2D eigenvalue weighted by atomic mass is 9.74. The van der Waals surface area contributed by atoms with Crippen molar-refractivity contribution in [3.8, 4) is 0 Å². The Balaban J connectivity index is 0.00000242. The van der Waals surface area contributed by atoms with Crippen LogP contribution in [0.15, 0.2) is 35.3 Å². The van der Waals surface area contributed by atoms with Crippen molar-refractivity contribution in [3.63, 3.8) is 0 Å². The van der Waals surface area contributed by atoms with Gasteiger partial charge in [0, 0.05) is 31.7 Å². The zero-order valence-electron chi connectivity index (χ0n) is 13.6. The van der Waals surface area contributed by atoms with Crippen LogP contribution in [-0.4, -0.2) is 38.8 Å². The quantitative estimate of drug-likeness (QED) is 0.440. The molecule has 5 heteroatoms. The molecule has 4 nitrogen and oxygen atoms in total. The molecule has 124 valence electrons. The summed E-state index contributed by atoms with van der Waals surface area (Å²) in [5, 5.41) is 6.60. The van der Waals surface area contributed by atoms with Gasteiger partial charge in [0.05, 0.1) is 6.54 Å². The SMILES string of the molecule is CCNC(=NCC1(c2ccccc2)CCOCC1)NCC.I. The van der Waals surface area contributed by atoms with Crippen LogP contribution in [0.1, 0.15) is 32.3 Å². The van der Waals surface area contributed by atoms with Gasteiger partial charge in [0.1, 0.15) is 0 Å². The van der Waals surface area contributed by atoms with Crippen molar-refractivity contribution in [1.82, 2.24) is 10.6 Å². The number of hydrogen-bond acceptors (Lipinski definition) is 2. The van der Waals surface area contributed by atoms with Gasteiger partial charge in [-0.3, -0.25) is 4.99 Å². The number of hydrogen-bond donors (Lipinski definition) is 2. The van der Waals surface area contributed by atoms with Crippen molar-refractivity contribution in [2.24, 2.45) is 4.99 Å². The fraction of sp³-hybridized carbons (Fsp3) is 0.588. The van der Waals surface area contributed by atoms with Gasteiger partial charge in [-0.15, -0.1) is 24.0 Å². The molecule has 0 aromatic heterocycles. The van der Waals surface area contributed by atoms with E-state index in [0.29, 0.717) is 0 Å². The summed E-state index contributed by atoms with van der Waals surface area (Å²) < 4.78 is 5.57. The number of ether oxygens (including phenoxy) is 1. The first kappa shape index (κ1) is 19.2. The Kier molecular flexibility index (Phi) is 8.78. The normalized spacial score (nSPS) is 16.3.